The highest BCUT2D eigenvalue weighted by Crippen LogP contribution is 2.32. The molecule has 0 bridgehead atoms. The van der Waals surface area contributed by atoms with Crippen LogP contribution in [0.1, 0.15) is 47.4 Å². The Kier molecular flexibility index (Phi) is 10.1. The van der Waals surface area contributed by atoms with Gasteiger partial charge in [-0.15, -0.1) is 0 Å². The van der Waals surface area contributed by atoms with Gasteiger partial charge in [0.25, 0.3) is 0 Å². The third kappa shape index (κ3) is 9.59. The average Bonchev–Trinajstić information content (AvgIpc) is 2.89. The number of nitrogens with two attached hydrogens (primary N) is 2. The summed E-state index contributed by atoms with van der Waals surface area (Å²) < 4.78 is 76.1. The number of rotatable bonds is 12. The normalized spacial score (nSPS) is 12.8. The Morgan fingerprint density at radius 2 is 1.60 bits per heavy atom. The molecular weight excluding hydrogens is 531 g/mol. The molecule has 0 fully saturated rings. The Hall–Kier alpha value is -4.08. The van der Waals surface area contributed by atoms with Crippen LogP contribution in [0, 0.1) is 6.92 Å². The summed E-state index contributed by atoms with van der Waals surface area (Å²) in [5, 5.41) is 0. The first-order valence-corrected chi connectivity index (χ1v) is 12.5. The van der Waals surface area contributed by atoms with Crippen LogP contribution in [0.15, 0.2) is 72.8 Å². The molecular formula is C30H30F5N2O3. The van der Waals surface area contributed by atoms with E-state index in [0.29, 0.717) is 35.3 Å². The smallest absolute Gasteiger partial charge is 0.426 e. The Balaban J connectivity index is 1.49. The number of carbonyl (C=O) groups excluding carboxylic acids is 1. The highest BCUT2D eigenvalue weighted by molar-refractivity contribution is 5.87. The average molecular weight is 562 g/mol. The van der Waals surface area contributed by atoms with Gasteiger partial charge in [0.05, 0.1) is 12.2 Å². The number of unbranched alkanes of at least 4 members (excludes halogenated alkanes) is 1. The van der Waals surface area contributed by atoms with Crippen LogP contribution in [0.4, 0.5) is 33.3 Å². The molecule has 0 amide bonds. The summed E-state index contributed by atoms with van der Waals surface area (Å²) in [6, 6.07) is 16.0. The number of hydrogen-bond donors (Lipinski definition) is 2. The lowest BCUT2D eigenvalue weighted by Crippen LogP contribution is -2.21. The van der Waals surface area contributed by atoms with Crippen molar-refractivity contribution in [2.45, 2.75) is 43.9 Å². The van der Waals surface area contributed by atoms with Crippen LogP contribution in [0.3, 0.4) is 0 Å². The predicted octanol–water partition coefficient (Wildman–Crippen LogP) is 7.43. The van der Waals surface area contributed by atoms with E-state index in [-0.39, 0.29) is 18.8 Å². The van der Waals surface area contributed by atoms with Gasteiger partial charge in [0.1, 0.15) is 5.75 Å². The molecule has 213 valence electrons. The molecule has 3 rings (SSSR count). The van der Waals surface area contributed by atoms with Crippen LogP contribution in [0.5, 0.6) is 5.75 Å². The van der Waals surface area contributed by atoms with Crippen molar-refractivity contribution in [2.75, 3.05) is 18.1 Å². The first kappa shape index (κ1) is 30.5. The zero-order valence-electron chi connectivity index (χ0n) is 21.6. The first-order valence-electron chi connectivity index (χ1n) is 12.5. The number of ether oxygens (including phenoxy) is 2. The van der Waals surface area contributed by atoms with E-state index in [2.05, 4.69) is 6.92 Å². The maximum Gasteiger partial charge on any atom is 0.426 e. The molecule has 0 aromatic heterocycles. The summed E-state index contributed by atoms with van der Waals surface area (Å²) in [6.07, 6.45) is -5.33. The van der Waals surface area contributed by atoms with Gasteiger partial charge >= 0.3 is 18.3 Å². The number of esters is 1. The van der Waals surface area contributed by atoms with Crippen molar-refractivity contribution in [3.8, 4) is 5.75 Å². The number of benzene rings is 3. The molecule has 0 spiro atoms. The largest absolute Gasteiger partial charge is 0.462 e. The fourth-order valence-corrected chi connectivity index (χ4v) is 3.82. The van der Waals surface area contributed by atoms with Crippen LogP contribution in [0.25, 0.3) is 6.08 Å². The monoisotopic (exact) mass is 561 g/mol. The van der Waals surface area contributed by atoms with E-state index in [0.717, 1.165) is 5.56 Å². The number of alkyl halides is 5. The lowest BCUT2D eigenvalue weighted by Gasteiger charge is -2.18. The van der Waals surface area contributed by atoms with Crippen LogP contribution in [0.2, 0.25) is 0 Å². The lowest BCUT2D eigenvalue weighted by molar-refractivity contribution is -0.185. The highest BCUT2D eigenvalue weighted by Gasteiger charge is 2.34. The summed E-state index contributed by atoms with van der Waals surface area (Å²) in [4.78, 5) is 12.1. The quantitative estimate of drug-likeness (QED) is 0.0790. The van der Waals surface area contributed by atoms with E-state index >= 15 is 0 Å². The minimum atomic E-state index is -4.19. The van der Waals surface area contributed by atoms with E-state index in [1.165, 1.54) is 48.6 Å². The number of aryl methyl sites for hydroxylation is 1. The molecule has 0 aliphatic rings. The van der Waals surface area contributed by atoms with E-state index in [1.807, 2.05) is 0 Å². The van der Waals surface area contributed by atoms with Crippen molar-refractivity contribution in [1.29, 1.82) is 0 Å². The van der Waals surface area contributed by atoms with Gasteiger partial charge in [0.15, 0.2) is 0 Å². The van der Waals surface area contributed by atoms with Crippen LogP contribution in [-0.4, -0.2) is 18.8 Å². The van der Waals surface area contributed by atoms with Gasteiger partial charge in [-0.2, -0.15) is 22.0 Å². The van der Waals surface area contributed by atoms with Crippen molar-refractivity contribution in [1.82, 2.24) is 0 Å². The van der Waals surface area contributed by atoms with E-state index < -0.39 is 36.2 Å². The number of hydrogen-bond acceptors (Lipinski definition) is 5. The summed E-state index contributed by atoms with van der Waals surface area (Å²) in [6.45, 7) is 3.92. The Morgan fingerprint density at radius 1 is 0.925 bits per heavy atom. The lowest BCUT2D eigenvalue weighted by atomic mass is 10.00. The summed E-state index contributed by atoms with van der Waals surface area (Å²) in [5.74, 6) is -1.12. The molecule has 10 heteroatoms. The first-order chi connectivity index (χ1) is 18.8. The molecule has 1 radical (unpaired) electrons. The molecule has 3 aromatic rings. The Morgan fingerprint density at radius 3 is 2.23 bits per heavy atom. The number of carbonyl (C=O) groups is 1. The van der Waals surface area contributed by atoms with Gasteiger partial charge in [-0.05, 0) is 85.4 Å². The number of nitrogen functional groups attached to an aromatic ring is 2. The van der Waals surface area contributed by atoms with Crippen molar-refractivity contribution in [3.63, 3.8) is 0 Å². The van der Waals surface area contributed by atoms with Crippen LogP contribution in [-0.2, 0) is 22.1 Å². The molecule has 0 aliphatic carbocycles. The zero-order valence-corrected chi connectivity index (χ0v) is 21.6. The van der Waals surface area contributed by atoms with Gasteiger partial charge in [0.2, 0.25) is 0 Å². The second-order valence-corrected chi connectivity index (χ2v) is 9.26. The SMILES string of the molecule is [CH2]C(COC(=O)/C=C/c1ccc(C(F)(F)Oc2ccc(CCCCC(F)(F)F)cc2)cc1)c1ccc(N)cc1N. The number of anilines is 2. The van der Waals surface area contributed by atoms with Crippen molar-refractivity contribution >= 4 is 23.4 Å². The van der Waals surface area contributed by atoms with E-state index in [9.17, 15) is 26.7 Å². The minimum absolute atomic E-state index is 0.00293. The molecule has 1 unspecified atom stereocenters. The molecule has 40 heavy (non-hydrogen) atoms. The third-order valence-corrected chi connectivity index (χ3v) is 5.98. The fourth-order valence-electron chi connectivity index (χ4n) is 3.82. The highest BCUT2D eigenvalue weighted by atomic mass is 19.4. The Labute approximate surface area is 229 Å². The van der Waals surface area contributed by atoms with Crippen LogP contribution >= 0.6 is 0 Å². The standard InChI is InChI=1S/C30H30F5N2O3/c1-20(26-15-12-24(36)18-27(26)37)19-39-28(38)16-9-22-5-10-23(11-6-22)30(34,35)40-25-13-7-21(8-14-25)4-2-3-17-29(31,32)33/h5-16,18,20H,1-4,17,19,36-37H2/b16-9+. The van der Waals surface area contributed by atoms with Crippen molar-refractivity contribution in [2.24, 2.45) is 0 Å². The maximum atomic E-state index is 14.7. The molecule has 0 saturated heterocycles. The van der Waals surface area contributed by atoms with Gasteiger partial charge in [0, 0.05) is 29.8 Å². The topological polar surface area (TPSA) is 87.6 Å². The Bertz CT molecular complexity index is 1290. The van der Waals surface area contributed by atoms with Crippen LogP contribution < -0.4 is 16.2 Å². The molecule has 0 saturated carbocycles. The second kappa shape index (κ2) is 13.3. The zero-order chi connectivity index (χ0) is 29.3. The molecule has 4 N–H and O–H groups in total. The predicted molar refractivity (Wildman–Crippen MR) is 144 cm³/mol. The van der Waals surface area contributed by atoms with Gasteiger partial charge in [-0.1, -0.05) is 30.3 Å². The summed E-state index contributed by atoms with van der Waals surface area (Å²) in [7, 11) is 0. The minimum Gasteiger partial charge on any atom is -0.462 e. The molecule has 1 atom stereocenters. The second-order valence-electron chi connectivity index (χ2n) is 9.26. The maximum absolute atomic E-state index is 14.7. The summed E-state index contributed by atoms with van der Waals surface area (Å²) in [5.41, 5.74) is 14.1. The molecule has 0 heterocycles. The third-order valence-electron chi connectivity index (χ3n) is 5.98. The van der Waals surface area contributed by atoms with Gasteiger partial charge in [-0.3, -0.25) is 0 Å². The van der Waals surface area contributed by atoms with E-state index in [1.54, 1.807) is 30.3 Å². The molecule has 0 aliphatic heterocycles. The van der Waals surface area contributed by atoms with Gasteiger partial charge < -0.3 is 20.9 Å². The molecule has 3 aromatic carbocycles. The molecule has 5 nitrogen and oxygen atoms in total. The van der Waals surface area contributed by atoms with Gasteiger partial charge in [-0.25, -0.2) is 4.79 Å². The summed E-state index contributed by atoms with van der Waals surface area (Å²) >= 11 is 0. The van der Waals surface area contributed by atoms with E-state index in [4.69, 9.17) is 20.9 Å². The number of halogens is 5. The van der Waals surface area contributed by atoms with Crippen molar-refractivity contribution < 1.29 is 36.2 Å². The fraction of sp³-hybridized carbons (Fsp3) is 0.267. The van der Waals surface area contributed by atoms with Crippen molar-refractivity contribution in [3.05, 3.63) is 102 Å².